The monoisotopic (exact) mass is 318 g/mol. The van der Waals surface area contributed by atoms with Gasteiger partial charge >= 0.3 is 0 Å². The van der Waals surface area contributed by atoms with Gasteiger partial charge in [0, 0.05) is 4.47 Å². The van der Waals surface area contributed by atoms with Crippen LogP contribution in [0.1, 0.15) is 34.8 Å². The molecule has 0 aromatic heterocycles. The summed E-state index contributed by atoms with van der Waals surface area (Å²) in [6.07, 6.45) is 1.26. The Hall–Kier alpha value is -1.12. The molecule has 2 aromatic rings. The molecule has 0 heterocycles. The van der Waals surface area contributed by atoms with Crippen molar-refractivity contribution in [1.29, 1.82) is 0 Å². The maximum atomic E-state index is 10.3. The zero-order valence-electron chi connectivity index (χ0n) is 11.4. The first-order valence-corrected chi connectivity index (χ1v) is 7.36. The summed E-state index contributed by atoms with van der Waals surface area (Å²) in [5.74, 6) is 0. The molecular weight excluding hydrogens is 300 g/mol. The van der Waals surface area contributed by atoms with E-state index < -0.39 is 6.10 Å². The molecule has 0 amide bonds. The number of benzene rings is 2. The minimum absolute atomic E-state index is 0.397. The molecule has 1 N–H and O–H groups in total. The Balaban J connectivity index is 2.06. The molecule has 1 nitrogen and oxygen atoms in total. The molecule has 1 atom stereocenters. The first-order valence-electron chi connectivity index (χ1n) is 6.56. The summed E-state index contributed by atoms with van der Waals surface area (Å²) in [6, 6.07) is 14.4. The van der Waals surface area contributed by atoms with Crippen LogP contribution in [0.4, 0.5) is 0 Å². The zero-order chi connectivity index (χ0) is 13.8. The van der Waals surface area contributed by atoms with E-state index in [1.54, 1.807) is 0 Å². The lowest BCUT2D eigenvalue weighted by atomic mass is 9.98. The fourth-order valence-electron chi connectivity index (χ4n) is 2.29. The molecule has 0 spiro atoms. The Labute approximate surface area is 123 Å². The quantitative estimate of drug-likeness (QED) is 0.863. The maximum absolute atomic E-state index is 10.3. The number of hydrogen-bond acceptors (Lipinski definition) is 1. The Morgan fingerprint density at radius 2 is 1.63 bits per heavy atom. The van der Waals surface area contributed by atoms with Crippen LogP contribution in [0.3, 0.4) is 0 Å². The van der Waals surface area contributed by atoms with E-state index in [2.05, 4.69) is 54.0 Å². The second-order valence-corrected chi connectivity index (χ2v) is 5.80. The van der Waals surface area contributed by atoms with Crippen molar-refractivity contribution < 1.29 is 5.11 Å². The first kappa shape index (κ1) is 14.3. The van der Waals surface area contributed by atoms with Crippen molar-refractivity contribution in [1.82, 2.24) is 0 Å². The first-order chi connectivity index (χ1) is 9.08. The lowest BCUT2D eigenvalue weighted by Gasteiger charge is -2.14. The highest BCUT2D eigenvalue weighted by atomic mass is 79.9. The minimum atomic E-state index is -0.397. The molecule has 19 heavy (non-hydrogen) atoms. The average Bonchev–Trinajstić information content (AvgIpc) is 2.42. The largest absolute Gasteiger partial charge is 0.388 e. The van der Waals surface area contributed by atoms with Gasteiger partial charge in [-0.3, -0.25) is 0 Å². The van der Waals surface area contributed by atoms with E-state index in [-0.39, 0.29) is 0 Å². The van der Waals surface area contributed by atoms with Gasteiger partial charge in [0.25, 0.3) is 0 Å². The molecular formula is C17H19BrO. The molecule has 0 saturated heterocycles. The fraction of sp³-hybridized carbons (Fsp3) is 0.294. The Bertz CT molecular complexity index is 525. The van der Waals surface area contributed by atoms with E-state index in [1.165, 1.54) is 16.7 Å². The topological polar surface area (TPSA) is 20.2 Å². The van der Waals surface area contributed by atoms with Crippen molar-refractivity contribution in [2.75, 3.05) is 0 Å². The summed E-state index contributed by atoms with van der Waals surface area (Å²) in [5.41, 5.74) is 4.63. The second kappa shape index (κ2) is 6.36. The molecule has 0 aliphatic heterocycles. The molecule has 0 radical (unpaired) electrons. The predicted molar refractivity (Wildman–Crippen MR) is 83.3 cm³/mol. The van der Waals surface area contributed by atoms with E-state index in [9.17, 15) is 5.11 Å². The molecule has 1 unspecified atom stereocenters. The van der Waals surface area contributed by atoms with Crippen LogP contribution < -0.4 is 0 Å². The van der Waals surface area contributed by atoms with Gasteiger partial charge in [-0.25, -0.2) is 0 Å². The number of halogens is 1. The maximum Gasteiger partial charge on any atom is 0.0793 e. The smallest absolute Gasteiger partial charge is 0.0793 e. The van der Waals surface area contributed by atoms with Crippen LogP contribution in [0.2, 0.25) is 0 Å². The predicted octanol–water partition coefficient (Wildman–Crippen LogP) is 4.73. The van der Waals surface area contributed by atoms with Crippen LogP contribution >= 0.6 is 15.9 Å². The summed E-state index contributed by atoms with van der Waals surface area (Å²) in [4.78, 5) is 0. The molecule has 2 heteroatoms. The van der Waals surface area contributed by atoms with Gasteiger partial charge < -0.3 is 5.11 Å². The summed E-state index contributed by atoms with van der Waals surface area (Å²) in [7, 11) is 0. The zero-order valence-corrected chi connectivity index (χ0v) is 12.9. The van der Waals surface area contributed by atoms with Crippen LogP contribution in [0.5, 0.6) is 0 Å². The molecule has 0 fully saturated rings. The Morgan fingerprint density at radius 1 is 1.05 bits per heavy atom. The highest BCUT2D eigenvalue weighted by Crippen LogP contribution is 2.27. The van der Waals surface area contributed by atoms with E-state index in [4.69, 9.17) is 0 Å². The molecule has 2 aromatic carbocycles. The molecule has 2 rings (SSSR count). The Kier molecular flexibility index (Phi) is 4.78. The number of aryl methyl sites for hydroxylation is 3. The lowest BCUT2D eigenvalue weighted by Crippen LogP contribution is -2.01. The number of hydrogen-bond donors (Lipinski definition) is 1. The average molecular weight is 319 g/mol. The van der Waals surface area contributed by atoms with Crippen molar-refractivity contribution in [2.45, 2.75) is 32.8 Å². The van der Waals surface area contributed by atoms with Gasteiger partial charge in [0.2, 0.25) is 0 Å². The third kappa shape index (κ3) is 3.68. The molecule has 0 saturated carbocycles. The summed E-state index contributed by atoms with van der Waals surface area (Å²) in [6.45, 7) is 4.12. The summed E-state index contributed by atoms with van der Waals surface area (Å²) >= 11 is 3.56. The van der Waals surface area contributed by atoms with Crippen molar-refractivity contribution in [3.63, 3.8) is 0 Å². The summed E-state index contributed by atoms with van der Waals surface area (Å²) < 4.78 is 1.13. The van der Waals surface area contributed by atoms with Gasteiger partial charge in [0.1, 0.15) is 0 Å². The molecule has 0 aliphatic rings. The van der Waals surface area contributed by atoms with E-state index in [0.717, 1.165) is 22.9 Å². The minimum Gasteiger partial charge on any atom is -0.388 e. The number of rotatable bonds is 4. The third-order valence-corrected chi connectivity index (χ3v) is 4.64. The second-order valence-electron chi connectivity index (χ2n) is 5.01. The van der Waals surface area contributed by atoms with Crippen LogP contribution in [0.25, 0.3) is 0 Å². The number of aliphatic hydroxyl groups excluding tert-OH is 1. The lowest BCUT2D eigenvalue weighted by molar-refractivity contribution is 0.167. The van der Waals surface area contributed by atoms with Crippen molar-refractivity contribution in [3.8, 4) is 0 Å². The molecule has 0 bridgehead atoms. The van der Waals surface area contributed by atoms with E-state index in [1.807, 2.05) is 18.2 Å². The van der Waals surface area contributed by atoms with Crippen molar-refractivity contribution in [2.24, 2.45) is 0 Å². The highest BCUT2D eigenvalue weighted by molar-refractivity contribution is 9.10. The van der Waals surface area contributed by atoms with Gasteiger partial charge in [-0.2, -0.15) is 0 Å². The van der Waals surface area contributed by atoms with Gasteiger partial charge in [0.15, 0.2) is 0 Å². The molecule has 100 valence electrons. The van der Waals surface area contributed by atoms with Crippen molar-refractivity contribution >= 4 is 15.9 Å². The SMILES string of the molecule is Cc1cc(C(O)CCc2ccccc2)cc(C)c1Br. The van der Waals surface area contributed by atoms with E-state index in [0.29, 0.717) is 0 Å². The third-order valence-electron chi connectivity index (χ3n) is 3.39. The van der Waals surface area contributed by atoms with E-state index >= 15 is 0 Å². The summed E-state index contributed by atoms with van der Waals surface area (Å²) in [5, 5.41) is 10.3. The normalized spacial score (nSPS) is 12.4. The van der Waals surface area contributed by atoms with Gasteiger partial charge in [-0.15, -0.1) is 0 Å². The fourth-order valence-corrected chi connectivity index (χ4v) is 2.52. The van der Waals surface area contributed by atoms with Gasteiger partial charge in [-0.05, 0) is 48.9 Å². The van der Waals surface area contributed by atoms with Crippen LogP contribution in [-0.2, 0) is 6.42 Å². The van der Waals surface area contributed by atoms with Crippen LogP contribution in [-0.4, -0.2) is 5.11 Å². The number of aliphatic hydroxyl groups is 1. The van der Waals surface area contributed by atoms with Crippen LogP contribution in [0.15, 0.2) is 46.9 Å². The molecule has 0 aliphatic carbocycles. The van der Waals surface area contributed by atoms with Crippen LogP contribution in [0, 0.1) is 13.8 Å². The standard InChI is InChI=1S/C17H19BrO/c1-12-10-15(11-13(2)17(12)18)16(19)9-8-14-6-4-3-5-7-14/h3-7,10-11,16,19H,8-9H2,1-2H3. The highest BCUT2D eigenvalue weighted by Gasteiger charge is 2.10. The van der Waals surface area contributed by atoms with Gasteiger partial charge in [-0.1, -0.05) is 58.4 Å². The van der Waals surface area contributed by atoms with Gasteiger partial charge in [0.05, 0.1) is 6.10 Å². The van der Waals surface area contributed by atoms with Crippen molar-refractivity contribution in [3.05, 3.63) is 69.2 Å². The Morgan fingerprint density at radius 3 is 2.21 bits per heavy atom.